The molecule has 0 aromatic heterocycles. The molecular formula is C27H27N5O8S2. The second-order valence-corrected chi connectivity index (χ2v) is 12.4. The van der Waals surface area contributed by atoms with Crippen molar-refractivity contribution >= 4 is 59.2 Å². The molecule has 4 aromatic carbocycles. The molecule has 0 aliphatic heterocycles. The maximum absolute atomic E-state index is 12.3. The summed E-state index contributed by atoms with van der Waals surface area (Å²) in [6.07, 6.45) is 0. The maximum Gasteiger partial charge on any atom is 0.296 e. The van der Waals surface area contributed by atoms with Crippen LogP contribution in [0.5, 0.6) is 17.2 Å². The number of phenols is 1. The van der Waals surface area contributed by atoms with E-state index >= 15 is 0 Å². The predicted octanol–water partition coefficient (Wildman–Crippen LogP) is 6.48. The third kappa shape index (κ3) is 6.17. The van der Waals surface area contributed by atoms with Crippen LogP contribution in [0.4, 0.5) is 28.4 Å². The highest BCUT2D eigenvalue weighted by Gasteiger charge is 2.21. The van der Waals surface area contributed by atoms with Crippen molar-refractivity contribution < 1.29 is 36.0 Å². The quantitative estimate of drug-likeness (QED) is 0.133. The third-order valence-electron chi connectivity index (χ3n) is 6.23. The molecule has 4 aromatic rings. The van der Waals surface area contributed by atoms with Crippen molar-refractivity contribution in [1.82, 2.24) is 0 Å². The maximum atomic E-state index is 12.3. The summed E-state index contributed by atoms with van der Waals surface area (Å²) in [5, 5.41) is 31.0. The van der Waals surface area contributed by atoms with Crippen molar-refractivity contribution in [2.75, 3.05) is 32.3 Å². The zero-order valence-corrected chi connectivity index (χ0v) is 24.6. The summed E-state index contributed by atoms with van der Waals surface area (Å²) in [4.78, 5) is -0.973. The first-order chi connectivity index (χ1) is 19.9. The molecule has 42 heavy (non-hydrogen) atoms. The molecule has 3 N–H and O–H groups in total. The van der Waals surface area contributed by atoms with E-state index in [-0.39, 0.29) is 27.8 Å². The van der Waals surface area contributed by atoms with Crippen LogP contribution >= 0.6 is 0 Å². The summed E-state index contributed by atoms with van der Waals surface area (Å²) in [7, 11) is -3.99. The highest BCUT2D eigenvalue weighted by molar-refractivity contribution is 7.91. The van der Waals surface area contributed by atoms with E-state index in [1.807, 2.05) is 0 Å². The van der Waals surface area contributed by atoms with Gasteiger partial charge in [-0.15, -0.1) is 20.5 Å². The fourth-order valence-corrected chi connectivity index (χ4v) is 5.65. The standard InChI is InChI=1S/C27H27N5O8S2/c1-5-41(34,35)17-7-10-20(25(15-17)42(36,37)38)29-32-26-18-8-12-22(27(40-4)19(18)9-11-21(26)28-2)30-31-23-14-16(39-3)6-13-24(23)33/h6-15,28,33H,5H2,1-4H3,(H,36,37,38). The number of phenolic OH excluding ortho intramolecular Hbond substituents is 1. The van der Waals surface area contributed by atoms with Crippen LogP contribution in [0.15, 0.2) is 90.9 Å². The lowest BCUT2D eigenvalue weighted by atomic mass is 10.1. The molecule has 4 rings (SSSR count). The number of rotatable bonds is 10. The van der Waals surface area contributed by atoms with Gasteiger partial charge in [-0.1, -0.05) is 6.92 Å². The lowest BCUT2D eigenvalue weighted by molar-refractivity contribution is 0.412. The Hall–Kier alpha value is -4.60. The summed E-state index contributed by atoms with van der Waals surface area (Å²) < 4.78 is 69.3. The number of benzene rings is 4. The van der Waals surface area contributed by atoms with Crippen molar-refractivity contribution in [3.05, 3.63) is 60.7 Å². The van der Waals surface area contributed by atoms with Gasteiger partial charge >= 0.3 is 0 Å². The van der Waals surface area contributed by atoms with Crippen LogP contribution < -0.4 is 14.8 Å². The first-order valence-electron chi connectivity index (χ1n) is 12.3. The molecule has 0 fully saturated rings. The SMILES string of the molecule is CCS(=O)(=O)c1ccc(N=Nc2c(NC)ccc3c(OC)c(N=Nc4cc(OC)ccc4O)ccc23)c(S(=O)(=O)O)c1. The number of ether oxygens (including phenoxy) is 2. The van der Waals surface area contributed by atoms with Gasteiger partial charge in [0.1, 0.15) is 39.1 Å². The molecule has 0 aliphatic rings. The van der Waals surface area contributed by atoms with Gasteiger partial charge in [-0.05, 0) is 54.6 Å². The first-order valence-corrected chi connectivity index (χ1v) is 15.4. The largest absolute Gasteiger partial charge is 0.506 e. The highest BCUT2D eigenvalue weighted by Crippen LogP contribution is 2.44. The summed E-state index contributed by atoms with van der Waals surface area (Å²) in [5.74, 6) is 0.473. The number of aromatic hydroxyl groups is 1. The van der Waals surface area contributed by atoms with E-state index in [9.17, 15) is 26.5 Å². The zero-order chi connectivity index (χ0) is 30.7. The Labute approximate surface area is 242 Å². The van der Waals surface area contributed by atoms with Gasteiger partial charge in [0.05, 0.1) is 30.6 Å². The number of nitrogens with one attached hydrogen (secondary N) is 1. The average Bonchev–Trinajstić information content (AvgIpc) is 2.98. The van der Waals surface area contributed by atoms with Crippen molar-refractivity contribution in [1.29, 1.82) is 0 Å². The van der Waals surface area contributed by atoms with Crippen molar-refractivity contribution in [3.63, 3.8) is 0 Å². The molecular weight excluding hydrogens is 586 g/mol. The van der Waals surface area contributed by atoms with Crippen LogP contribution in [0.2, 0.25) is 0 Å². The van der Waals surface area contributed by atoms with Gasteiger partial charge in [-0.3, -0.25) is 4.55 Å². The van der Waals surface area contributed by atoms with Gasteiger partial charge in [0.15, 0.2) is 15.6 Å². The Kier molecular flexibility index (Phi) is 8.75. The smallest absolute Gasteiger partial charge is 0.296 e. The van der Waals surface area contributed by atoms with Crippen molar-refractivity contribution in [2.45, 2.75) is 16.7 Å². The van der Waals surface area contributed by atoms with Crippen LogP contribution in [-0.2, 0) is 20.0 Å². The molecule has 0 saturated carbocycles. The number of nitrogens with zero attached hydrogens (tertiary/aromatic N) is 4. The number of fused-ring (bicyclic) bond motifs is 1. The van der Waals surface area contributed by atoms with E-state index in [2.05, 4.69) is 25.8 Å². The van der Waals surface area contributed by atoms with E-state index < -0.39 is 24.9 Å². The molecule has 13 nitrogen and oxygen atoms in total. The van der Waals surface area contributed by atoms with Crippen LogP contribution in [0.3, 0.4) is 0 Å². The Balaban J connectivity index is 1.84. The van der Waals surface area contributed by atoms with Gasteiger partial charge in [0, 0.05) is 23.9 Å². The third-order valence-corrected chi connectivity index (χ3v) is 8.84. The van der Waals surface area contributed by atoms with Gasteiger partial charge in [-0.25, -0.2) is 8.42 Å². The summed E-state index contributed by atoms with van der Waals surface area (Å²) >= 11 is 0. The monoisotopic (exact) mass is 613 g/mol. The minimum absolute atomic E-state index is 0.0924. The molecule has 0 atom stereocenters. The van der Waals surface area contributed by atoms with E-state index in [0.717, 1.165) is 12.1 Å². The van der Waals surface area contributed by atoms with Gasteiger partial charge in [0.2, 0.25) is 0 Å². The van der Waals surface area contributed by atoms with Crippen molar-refractivity contribution in [2.24, 2.45) is 20.5 Å². The molecule has 0 saturated heterocycles. The topological polar surface area (TPSA) is 189 Å². The Morgan fingerprint density at radius 1 is 0.786 bits per heavy atom. The van der Waals surface area contributed by atoms with Crippen LogP contribution in [0, 0.1) is 0 Å². The van der Waals surface area contributed by atoms with Crippen LogP contribution in [0.25, 0.3) is 10.8 Å². The van der Waals surface area contributed by atoms with Gasteiger partial charge in [-0.2, -0.15) is 8.42 Å². The predicted molar refractivity (Wildman–Crippen MR) is 157 cm³/mol. The molecule has 0 aliphatic carbocycles. The second-order valence-electron chi connectivity index (χ2n) is 8.69. The number of hydrogen-bond acceptors (Lipinski definition) is 12. The number of hydrogen-bond donors (Lipinski definition) is 3. The lowest BCUT2D eigenvalue weighted by Crippen LogP contribution is -2.06. The summed E-state index contributed by atoms with van der Waals surface area (Å²) in [5.41, 5.74) is 1.09. The molecule has 15 heteroatoms. The highest BCUT2D eigenvalue weighted by atomic mass is 32.2. The normalized spacial score (nSPS) is 12.3. The minimum Gasteiger partial charge on any atom is -0.506 e. The van der Waals surface area contributed by atoms with E-state index in [4.69, 9.17) is 9.47 Å². The Morgan fingerprint density at radius 2 is 1.45 bits per heavy atom. The summed E-state index contributed by atoms with van der Waals surface area (Å²) in [6.45, 7) is 1.42. The minimum atomic E-state index is -4.84. The number of sulfone groups is 1. The molecule has 0 radical (unpaired) electrons. The Morgan fingerprint density at radius 3 is 2.10 bits per heavy atom. The molecule has 0 amide bonds. The van der Waals surface area contributed by atoms with E-state index in [0.29, 0.717) is 39.3 Å². The number of anilines is 1. The van der Waals surface area contributed by atoms with Crippen LogP contribution in [0.1, 0.15) is 6.92 Å². The second kappa shape index (κ2) is 12.1. The molecule has 0 bridgehead atoms. The van der Waals surface area contributed by atoms with Gasteiger partial charge in [0.25, 0.3) is 10.1 Å². The van der Waals surface area contributed by atoms with Crippen molar-refractivity contribution in [3.8, 4) is 17.2 Å². The molecule has 0 heterocycles. The van der Waals surface area contributed by atoms with E-state index in [1.54, 1.807) is 37.4 Å². The molecule has 0 spiro atoms. The average molecular weight is 614 g/mol. The summed E-state index contributed by atoms with van der Waals surface area (Å²) in [6, 6.07) is 14.5. The Bertz CT molecular complexity index is 1940. The fraction of sp³-hybridized carbons (Fsp3) is 0.185. The lowest BCUT2D eigenvalue weighted by Gasteiger charge is -2.13. The number of azo groups is 2. The molecule has 0 unspecified atom stereocenters. The fourth-order valence-electron chi connectivity index (χ4n) is 4.02. The molecule has 220 valence electrons. The van der Waals surface area contributed by atoms with Gasteiger partial charge < -0.3 is 19.9 Å². The zero-order valence-electron chi connectivity index (χ0n) is 22.9. The van der Waals surface area contributed by atoms with Crippen LogP contribution in [-0.4, -0.2) is 53.5 Å². The first kappa shape index (κ1) is 30.4. The van der Waals surface area contributed by atoms with E-state index in [1.165, 1.54) is 39.3 Å². The number of methoxy groups -OCH3 is 2.